The first-order valence-electron chi connectivity index (χ1n) is 6.88. The van der Waals surface area contributed by atoms with Crippen molar-refractivity contribution in [2.45, 2.75) is 12.8 Å². The summed E-state index contributed by atoms with van der Waals surface area (Å²) in [5.41, 5.74) is 2.00. The van der Waals surface area contributed by atoms with Gasteiger partial charge >= 0.3 is 5.97 Å². The molecule has 2 aromatic rings. The maximum atomic E-state index is 12.5. The van der Waals surface area contributed by atoms with Gasteiger partial charge in [-0.3, -0.25) is 19.6 Å². The average Bonchev–Trinajstić information content (AvgIpc) is 2.54. The first-order chi connectivity index (χ1) is 10.1. The standard InChI is InChI=1S/C15H15N3O3/c19-14(18-7-3-10(4-8-18)15(20)21)11-1-2-12-13(9-11)17-6-5-16-12/h1-2,5-6,9-10H,3-4,7-8H2,(H,20,21). The number of hydrogen-bond donors (Lipinski definition) is 1. The minimum absolute atomic E-state index is 0.0774. The molecule has 1 fully saturated rings. The number of rotatable bonds is 2. The number of piperidine rings is 1. The zero-order chi connectivity index (χ0) is 14.8. The van der Waals surface area contributed by atoms with Gasteiger partial charge in [-0.25, -0.2) is 0 Å². The van der Waals surface area contributed by atoms with Crippen LogP contribution in [0.15, 0.2) is 30.6 Å². The number of aliphatic carboxylic acids is 1. The molecule has 3 rings (SSSR count). The number of likely N-dealkylation sites (tertiary alicyclic amines) is 1. The number of nitrogens with zero attached hydrogens (tertiary/aromatic N) is 3. The largest absolute Gasteiger partial charge is 0.481 e. The van der Waals surface area contributed by atoms with Crippen molar-refractivity contribution in [2.75, 3.05) is 13.1 Å². The fourth-order valence-corrected chi connectivity index (χ4v) is 2.61. The monoisotopic (exact) mass is 285 g/mol. The van der Waals surface area contributed by atoms with E-state index in [1.807, 2.05) is 0 Å². The van der Waals surface area contributed by atoms with E-state index in [-0.39, 0.29) is 11.8 Å². The molecule has 1 saturated heterocycles. The SMILES string of the molecule is O=C(O)C1CCN(C(=O)c2ccc3nccnc3c2)CC1. The van der Waals surface area contributed by atoms with Crippen molar-refractivity contribution in [1.82, 2.24) is 14.9 Å². The topological polar surface area (TPSA) is 83.4 Å². The van der Waals surface area contributed by atoms with Crippen molar-refractivity contribution in [3.63, 3.8) is 0 Å². The first-order valence-corrected chi connectivity index (χ1v) is 6.88. The second-order valence-electron chi connectivity index (χ2n) is 5.16. The molecule has 0 radical (unpaired) electrons. The Hall–Kier alpha value is -2.50. The van der Waals surface area contributed by atoms with Crippen LogP contribution in [0.2, 0.25) is 0 Å². The Morgan fingerprint density at radius 3 is 2.43 bits per heavy atom. The quantitative estimate of drug-likeness (QED) is 0.905. The summed E-state index contributed by atoms with van der Waals surface area (Å²) in [6.45, 7) is 0.961. The Morgan fingerprint density at radius 1 is 1.10 bits per heavy atom. The maximum absolute atomic E-state index is 12.5. The van der Waals surface area contributed by atoms with Crippen LogP contribution in [0.5, 0.6) is 0 Å². The van der Waals surface area contributed by atoms with Gasteiger partial charge in [-0.1, -0.05) is 0 Å². The molecule has 0 unspecified atom stereocenters. The van der Waals surface area contributed by atoms with Crippen LogP contribution in [0, 0.1) is 5.92 Å². The van der Waals surface area contributed by atoms with Crippen LogP contribution in [0.1, 0.15) is 23.2 Å². The molecule has 1 aliphatic heterocycles. The van der Waals surface area contributed by atoms with E-state index >= 15 is 0 Å². The number of carbonyl (C=O) groups is 2. The van der Waals surface area contributed by atoms with Crippen molar-refractivity contribution in [3.8, 4) is 0 Å². The molecular formula is C15H15N3O3. The highest BCUT2D eigenvalue weighted by molar-refractivity contribution is 5.97. The third-order valence-corrected chi connectivity index (χ3v) is 3.85. The molecule has 1 aromatic heterocycles. The molecule has 0 spiro atoms. The number of amides is 1. The summed E-state index contributed by atoms with van der Waals surface area (Å²) in [6, 6.07) is 5.25. The van der Waals surface area contributed by atoms with Crippen molar-refractivity contribution >= 4 is 22.9 Å². The van der Waals surface area contributed by atoms with Crippen molar-refractivity contribution in [2.24, 2.45) is 5.92 Å². The number of carboxylic acid groups (broad SMARTS) is 1. The molecule has 0 atom stereocenters. The Bertz CT molecular complexity index is 693. The van der Waals surface area contributed by atoms with Crippen molar-refractivity contribution in [1.29, 1.82) is 0 Å². The van der Waals surface area contributed by atoms with Crippen molar-refractivity contribution in [3.05, 3.63) is 36.2 Å². The van der Waals surface area contributed by atoms with Crippen LogP contribution in [-0.4, -0.2) is 44.9 Å². The Kier molecular flexibility index (Phi) is 3.51. The molecule has 1 aromatic carbocycles. The number of hydrogen-bond acceptors (Lipinski definition) is 4. The molecule has 2 heterocycles. The Morgan fingerprint density at radius 2 is 1.76 bits per heavy atom. The van der Waals surface area contributed by atoms with Gasteiger partial charge in [-0.05, 0) is 31.0 Å². The second kappa shape index (κ2) is 5.47. The molecule has 6 heteroatoms. The van der Waals surface area contributed by atoms with Gasteiger partial charge in [0, 0.05) is 31.0 Å². The summed E-state index contributed by atoms with van der Waals surface area (Å²) in [7, 11) is 0. The van der Waals surface area contributed by atoms with Gasteiger partial charge < -0.3 is 10.0 Å². The van der Waals surface area contributed by atoms with Gasteiger partial charge in [0.25, 0.3) is 5.91 Å². The molecule has 1 N–H and O–H groups in total. The fraction of sp³-hybridized carbons (Fsp3) is 0.333. The molecule has 1 amide bonds. The van der Waals surface area contributed by atoms with Gasteiger partial charge in [0.15, 0.2) is 0 Å². The van der Waals surface area contributed by atoms with E-state index in [1.165, 1.54) is 0 Å². The van der Waals surface area contributed by atoms with Crippen molar-refractivity contribution < 1.29 is 14.7 Å². The van der Waals surface area contributed by atoms with E-state index in [0.29, 0.717) is 37.0 Å². The average molecular weight is 285 g/mol. The summed E-state index contributed by atoms with van der Waals surface area (Å²) in [5, 5.41) is 8.98. The van der Waals surface area contributed by atoms with Crippen LogP contribution in [0.3, 0.4) is 0 Å². The third kappa shape index (κ3) is 2.69. The normalized spacial score (nSPS) is 16.1. The lowest BCUT2D eigenvalue weighted by Crippen LogP contribution is -2.40. The molecular weight excluding hydrogens is 270 g/mol. The summed E-state index contributed by atoms with van der Waals surface area (Å²) in [5.74, 6) is -1.19. The van der Waals surface area contributed by atoms with Gasteiger partial charge in [0.05, 0.1) is 17.0 Å². The number of carbonyl (C=O) groups excluding carboxylic acids is 1. The number of benzene rings is 1. The summed E-state index contributed by atoms with van der Waals surface area (Å²) >= 11 is 0. The van der Waals surface area contributed by atoms with Crippen LogP contribution >= 0.6 is 0 Å². The van der Waals surface area contributed by atoms with E-state index < -0.39 is 5.97 Å². The molecule has 0 saturated carbocycles. The fourth-order valence-electron chi connectivity index (χ4n) is 2.61. The van der Waals surface area contributed by atoms with E-state index in [9.17, 15) is 9.59 Å². The number of carboxylic acids is 1. The zero-order valence-corrected chi connectivity index (χ0v) is 11.4. The van der Waals surface area contributed by atoms with E-state index in [4.69, 9.17) is 5.11 Å². The Balaban J connectivity index is 1.76. The van der Waals surface area contributed by atoms with E-state index in [0.717, 1.165) is 5.52 Å². The van der Waals surface area contributed by atoms with Gasteiger partial charge in [-0.2, -0.15) is 0 Å². The smallest absolute Gasteiger partial charge is 0.306 e. The predicted molar refractivity (Wildman–Crippen MR) is 75.8 cm³/mol. The second-order valence-corrected chi connectivity index (χ2v) is 5.16. The maximum Gasteiger partial charge on any atom is 0.306 e. The lowest BCUT2D eigenvalue weighted by Gasteiger charge is -2.30. The lowest BCUT2D eigenvalue weighted by molar-refractivity contribution is -0.143. The summed E-state index contributed by atoms with van der Waals surface area (Å²) in [6.07, 6.45) is 4.22. The zero-order valence-electron chi connectivity index (χ0n) is 11.4. The predicted octanol–water partition coefficient (Wildman–Crippen LogP) is 1.57. The summed E-state index contributed by atoms with van der Waals surface area (Å²) in [4.78, 5) is 33.4. The molecule has 21 heavy (non-hydrogen) atoms. The van der Waals surface area contributed by atoms with Crippen LogP contribution < -0.4 is 0 Å². The molecule has 108 valence electrons. The minimum Gasteiger partial charge on any atom is -0.481 e. The van der Waals surface area contributed by atoms with Crippen LogP contribution in [0.25, 0.3) is 11.0 Å². The van der Waals surface area contributed by atoms with Crippen LogP contribution in [-0.2, 0) is 4.79 Å². The van der Waals surface area contributed by atoms with E-state index in [1.54, 1.807) is 35.5 Å². The van der Waals surface area contributed by atoms with Gasteiger partial charge in [0.1, 0.15) is 0 Å². The van der Waals surface area contributed by atoms with Crippen LogP contribution in [0.4, 0.5) is 0 Å². The molecule has 6 nitrogen and oxygen atoms in total. The molecule has 0 aliphatic carbocycles. The first kappa shape index (κ1) is 13.5. The Labute approximate surface area is 121 Å². The molecule has 0 bridgehead atoms. The highest BCUT2D eigenvalue weighted by Crippen LogP contribution is 2.20. The van der Waals surface area contributed by atoms with E-state index in [2.05, 4.69) is 9.97 Å². The highest BCUT2D eigenvalue weighted by Gasteiger charge is 2.27. The number of fused-ring (bicyclic) bond motifs is 1. The lowest BCUT2D eigenvalue weighted by atomic mass is 9.96. The minimum atomic E-state index is -0.775. The highest BCUT2D eigenvalue weighted by atomic mass is 16.4. The summed E-state index contributed by atoms with van der Waals surface area (Å²) < 4.78 is 0. The van der Waals surface area contributed by atoms with Gasteiger partial charge in [-0.15, -0.1) is 0 Å². The van der Waals surface area contributed by atoms with Gasteiger partial charge in [0.2, 0.25) is 0 Å². The third-order valence-electron chi connectivity index (χ3n) is 3.85. The number of aromatic nitrogens is 2. The molecule has 1 aliphatic rings.